The molecule has 0 unspecified atom stereocenters. The second kappa shape index (κ2) is 2.21. The molecule has 0 spiro atoms. The molecule has 0 heterocycles. The summed E-state index contributed by atoms with van der Waals surface area (Å²) < 4.78 is 24.7. The van der Waals surface area contributed by atoms with Gasteiger partial charge in [-0.25, -0.2) is 8.78 Å². The Morgan fingerprint density at radius 3 is 2.00 bits per heavy atom. The van der Waals surface area contributed by atoms with Gasteiger partial charge in [0, 0.05) is 25.7 Å². The summed E-state index contributed by atoms with van der Waals surface area (Å²) in [6.07, 6.45) is 1.27. The number of hydrogen-bond acceptors (Lipinski definition) is 0. The lowest BCUT2D eigenvalue weighted by Gasteiger charge is -2.23. The van der Waals surface area contributed by atoms with Crippen molar-refractivity contribution in [2.45, 2.75) is 37.6 Å². The van der Waals surface area contributed by atoms with Crippen molar-refractivity contribution in [2.24, 2.45) is 0 Å². The molecule has 1 fully saturated rings. The second-order valence-electron chi connectivity index (χ2n) is 2.80. The van der Waals surface area contributed by atoms with Gasteiger partial charge in [0.05, 0.1) is 6.04 Å². The molecule has 0 aliphatic heterocycles. The lowest BCUT2D eigenvalue weighted by Crippen LogP contribution is -2.62. The first kappa shape index (κ1) is 6.93. The molecule has 0 aromatic rings. The van der Waals surface area contributed by atoms with Crippen LogP contribution in [0, 0.1) is 0 Å². The predicted molar refractivity (Wildman–Crippen MR) is 30.1 cm³/mol. The van der Waals surface area contributed by atoms with Crippen LogP contribution in [0.4, 0.5) is 8.78 Å². The van der Waals surface area contributed by atoms with E-state index in [1.54, 1.807) is 0 Å². The van der Waals surface area contributed by atoms with Gasteiger partial charge in [-0.3, -0.25) is 0 Å². The average molecular weight is 136 g/mol. The first-order chi connectivity index (χ1) is 4.10. The summed E-state index contributed by atoms with van der Waals surface area (Å²) in [7, 11) is 0. The second-order valence-corrected chi connectivity index (χ2v) is 2.80. The summed E-state index contributed by atoms with van der Waals surface area (Å²) in [4.78, 5) is 0. The van der Waals surface area contributed by atoms with Crippen LogP contribution in [0.3, 0.4) is 0 Å². The maximum Gasteiger partial charge on any atom is 0.248 e. The molecule has 0 aromatic heterocycles. The molecule has 1 nitrogen and oxygen atoms in total. The van der Waals surface area contributed by atoms with Crippen LogP contribution in [0.5, 0.6) is 0 Å². The molecule has 0 radical (unpaired) electrons. The fraction of sp³-hybridized carbons (Fsp3) is 1.00. The third kappa shape index (κ3) is 1.90. The highest BCUT2D eigenvalue weighted by atomic mass is 19.3. The lowest BCUT2D eigenvalue weighted by atomic mass is 9.93. The third-order valence-electron chi connectivity index (χ3n) is 1.84. The van der Waals surface area contributed by atoms with E-state index in [4.69, 9.17) is 0 Å². The molecular weight excluding hydrogens is 124 g/mol. The molecule has 1 rings (SSSR count). The zero-order valence-corrected chi connectivity index (χ0v) is 5.37. The largest absolute Gasteiger partial charge is 0.355 e. The van der Waals surface area contributed by atoms with Crippen molar-refractivity contribution in [3.05, 3.63) is 0 Å². The van der Waals surface area contributed by atoms with Crippen LogP contribution in [0.1, 0.15) is 25.7 Å². The fourth-order valence-electron chi connectivity index (χ4n) is 1.10. The minimum atomic E-state index is -2.38. The van der Waals surface area contributed by atoms with Crippen molar-refractivity contribution in [1.82, 2.24) is 0 Å². The van der Waals surface area contributed by atoms with E-state index < -0.39 is 5.92 Å². The van der Waals surface area contributed by atoms with Crippen LogP contribution >= 0.6 is 0 Å². The van der Waals surface area contributed by atoms with E-state index >= 15 is 0 Å². The smallest absolute Gasteiger partial charge is 0.248 e. The Morgan fingerprint density at radius 2 is 1.67 bits per heavy atom. The van der Waals surface area contributed by atoms with E-state index in [9.17, 15) is 8.78 Å². The van der Waals surface area contributed by atoms with Gasteiger partial charge >= 0.3 is 0 Å². The Hall–Kier alpha value is -0.180. The molecule has 0 bridgehead atoms. The summed E-state index contributed by atoms with van der Waals surface area (Å²) >= 11 is 0. The molecule has 0 saturated heterocycles. The molecule has 0 aromatic carbocycles. The maximum absolute atomic E-state index is 12.4. The topological polar surface area (TPSA) is 27.6 Å². The molecule has 1 saturated carbocycles. The van der Waals surface area contributed by atoms with Gasteiger partial charge in [0.15, 0.2) is 0 Å². The Balaban J connectivity index is 2.35. The monoisotopic (exact) mass is 136 g/mol. The Kier molecular flexibility index (Phi) is 1.70. The van der Waals surface area contributed by atoms with E-state index in [2.05, 4.69) is 5.73 Å². The predicted octanol–water partition coefficient (Wildman–Crippen LogP) is 0.806. The van der Waals surface area contributed by atoms with Crippen LogP contribution in [-0.2, 0) is 0 Å². The fourth-order valence-corrected chi connectivity index (χ4v) is 1.10. The van der Waals surface area contributed by atoms with E-state index in [0.717, 1.165) is 0 Å². The van der Waals surface area contributed by atoms with E-state index in [-0.39, 0.29) is 18.9 Å². The first-order valence-corrected chi connectivity index (χ1v) is 3.31. The standard InChI is InChI=1S/C6H11F2N/c7-6(8)3-1-5(9)2-4-6/h5H,1-4,9H2/p+1. The highest BCUT2D eigenvalue weighted by Gasteiger charge is 2.34. The van der Waals surface area contributed by atoms with Gasteiger partial charge < -0.3 is 5.73 Å². The van der Waals surface area contributed by atoms with Crippen molar-refractivity contribution in [1.29, 1.82) is 0 Å². The van der Waals surface area contributed by atoms with Crippen molar-refractivity contribution < 1.29 is 14.5 Å². The molecule has 54 valence electrons. The van der Waals surface area contributed by atoms with Crippen molar-refractivity contribution >= 4 is 0 Å². The molecule has 3 heteroatoms. The quantitative estimate of drug-likeness (QED) is 0.510. The normalized spacial score (nSPS) is 28.3. The summed E-state index contributed by atoms with van der Waals surface area (Å²) in [6.45, 7) is 0. The van der Waals surface area contributed by atoms with Crippen LogP contribution in [0.2, 0.25) is 0 Å². The third-order valence-corrected chi connectivity index (χ3v) is 1.84. The van der Waals surface area contributed by atoms with Gasteiger partial charge in [-0.15, -0.1) is 0 Å². The van der Waals surface area contributed by atoms with Crippen LogP contribution in [0.15, 0.2) is 0 Å². The lowest BCUT2D eigenvalue weighted by molar-refractivity contribution is -0.430. The first-order valence-electron chi connectivity index (χ1n) is 3.31. The number of hydrogen-bond donors (Lipinski definition) is 1. The molecule has 3 N–H and O–H groups in total. The van der Waals surface area contributed by atoms with E-state index in [1.807, 2.05) is 0 Å². The van der Waals surface area contributed by atoms with Crippen LogP contribution in [0.25, 0.3) is 0 Å². The van der Waals surface area contributed by atoms with Crippen molar-refractivity contribution in [3.63, 3.8) is 0 Å². The Bertz CT molecular complexity index is 93.2. The molecule has 0 amide bonds. The summed E-state index contributed by atoms with van der Waals surface area (Å²) in [5.41, 5.74) is 3.73. The number of quaternary nitrogens is 1. The van der Waals surface area contributed by atoms with Gasteiger partial charge in [-0.1, -0.05) is 0 Å². The van der Waals surface area contributed by atoms with E-state index in [0.29, 0.717) is 12.8 Å². The van der Waals surface area contributed by atoms with Crippen molar-refractivity contribution in [3.8, 4) is 0 Å². The summed E-state index contributed by atoms with van der Waals surface area (Å²) in [5.74, 6) is -2.38. The maximum atomic E-state index is 12.4. The highest BCUT2D eigenvalue weighted by molar-refractivity contribution is 4.75. The minimum Gasteiger partial charge on any atom is -0.355 e. The molecule has 0 atom stereocenters. The number of rotatable bonds is 0. The molecular formula is C6H12F2N+. The molecule has 1 aliphatic rings. The number of alkyl halides is 2. The van der Waals surface area contributed by atoms with Crippen molar-refractivity contribution in [2.75, 3.05) is 0 Å². The summed E-state index contributed by atoms with van der Waals surface area (Å²) in [5, 5.41) is 0. The zero-order chi connectivity index (χ0) is 6.91. The van der Waals surface area contributed by atoms with Crippen LogP contribution < -0.4 is 5.73 Å². The zero-order valence-electron chi connectivity index (χ0n) is 5.37. The van der Waals surface area contributed by atoms with Gasteiger partial charge in [0.1, 0.15) is 0 Å². The Morgan fingerprint density at radius 1 is 1.22 bits per heavy atom. The van der Waals surface area contributed by atoms with Gasteiger partial charge in [-0.05, 0) is 0 Å². The van der Waals surface area contributed by atoms with Gasteiger partial charge in [-0.2, -0.15) is 0 Å². The average Bonchev–Trinajstić information content (AvgIpc) is 1.78. The SMILES string of the molecule is [NH3+]C1CCC(F)(F)CC1. The summed E-state index contributed by atoms with van der Waals surface area (Å²) in [6, 6.07) is 0.268. The Labute approximate surface area is 53.2 Å². The molecule has 1 aliphatic carbocycles. The molecule has 9 heavy (non-hydrogen) atoms. The van der Waals surface area contributed by atoms with Crippen LogP contribution in [-0.4, -0.2) is 12.0 Å². The van der Waals surface area contributed by atoms with E-state index in [1.165, 1.54) is 0 Å². The van der Waals surface area contributed by atoms with Gasteiger partial charge in [0.25, 0.3) is 0 Å². The highest BCUT2D eigenvalue weighted by Crippen LogP contribution is 2.31. The number of halogens is 2. The van der Waals surface area contributed by atoms with Gasteiger partial charge in [0.2, 0.25) is 5.92 Å². The minimum absolute atomic E-state index is 0.0428.